The third-order valence-corrected chi connectivity index (χ3v) is 3.67. The summed E-state index contributed by atoms with van der Waals surface area (Å²) < 4.78 is 0. The Labute approximate surface area is 116 Å². The van der Waals surface area contributed by atoms with Crippen LogP contribution < -0.4 is 5.32 Å². The summed E-state index contributed by atoms with van der Waals surface area (Å²) in [5.41, 5.74) is 0.758. The molecule has 1 saturated heterocycles. The van der Waals surface area contributed by atoms with Crippen LogP contribution in [0.25, 0.3) is 0 Å². The molecule has 1 aromatic carbocycles. The van der Waals surface area contributed by atoms with Crippen molar-refractivity contribution in [2.45, 2.75) is 38.6 Å². The summed E-state index contributed by atoms with van der Waals surface area (Å²) in [6, 6.07) is 9.79. The molecule has 1 atom stereocenters. The number of rotatable bonds is 4. The summed E-state index contributed by atoms with van der Waals surface area (Å²) in [6.07, 6.45) is 4.73. The molecule has 1 aliphatic heterocycles. The van der Waals surface area contributed by atoms with Crippen molar-refractivity contribution >= 4 is 5.91 Å². The minimum absolute atomic E-state index is 0.0592. The zero-order chi connectivity index (χ0) is 13.5. The Balaban J connectivity index is 1.92. The van der Waals surface area contributed by atoms with E-state index in [9.17, 15) is 4.79 Å². The Morgan fingerprint density at radius 3 is 2.84 bits per heavy atom. The normalized spacial score (nSPS) is 20.8. The molecule has 19 heavy (non-hydrogen) atoms. The second kappa shape index (κ2) is 7.29. The van der Waals surface area contributed by atoms with E-state index in [0.717, 1.165) is 25.1 Å². The smallest absolute Gasteiger partial charge is 0.251 e. The summed E-state index contributed by atoms with van der Waals surface area (Å²) in [7, 11) is 0. The topological polar surface area (TPSA) is 32.3 Å². The number of likely N-dealkylation sites (tertiary alicyclic amines) is 1. The standard InChI is InChI=1S/C16H24N2O/c1-2-11-18-12-7-6-10-15(13-18)17-16(19)14-8-4-3-5-9-14/h3-5,8-9,15H,2,6-7,10-13H2,1H3,(H,17,19). The summed E-state index contributed by atoms with van der Waals surface area (Å²) in [6.45, 7) is 5.51. The highest BCUT2D eigenvalue weighted by molar-refractivity contribution is 5.94. The van der Waals surface area contributed by atoms with Crippen LogP contribution in [0.5, 0.6) is 0 Å². The Bertz CT molecular complexity index is 391. The maximum Gasteiger partial charge on any atom is 0.251 e. The van der Waals surface area contributed by atoms with Gasteiger partial charge < -0.3 is 10.2 Å². The van der Waals surface area contributed by atoms with Gasteiger partial charge in [0.2, 0.25) is 0 Å². The van der Waals surface area contributed by atoms with Crippen LogP contribution in [0.15, 0.2) is 30.3 Å². The van der Waals surface area contributed by atoms with Gasteiger partial charge >= 0.3 is 0 Å². The monoisotopic (exact) mass is 260 g/mol. The van der Waals surface area contributed by atoms with E-state index >= 15 is 0 Å². The van der Waals surface area contributed by atoms with E-state index < -0.39 is 0 Å². The molecule has 1 aromatic rings. The van der Waals surface area contributed by atoms with Crippen LogP contribution >= 0.6 is 0 Å². The molecule has 1 fully saturated rings. The Hall–Kier alpha value is -1.35. The van der Waals surface area contributed by atoms with E-state index in [0.29, 0.717) is 6.04 Å². The van der Waals surface area contributed by atoms with Crippen LogP contribution in [0.4, 0.5) is 0 Å². The van der Waals surface area contributed by atoms with E-state index in [1.807, 2.05) is 30.3 Å². The molecule has 0 bridgehead atoms. The van der Waals surface area contributed by atoms with Crippen LogP contribution in [-0.2, 0) is 0 Å². The highest BCUT2D eigenvalue weighted by Crippen LogP contribution is 2.12. The average Bonchev–Trinajstić information content (AvgIpc) is 2.65. The van der Waals surface area contributed by atoms with Crippen LogP contribution in [0.1, 0.15) is 43.0 Å². The van der Waals surface area contributed by atoms with Crippen LogP contribution in [0.2, 0.25) is 0 Å². The number of carbonyl (C=O) groups excluding carboxylic acids is 1. The van der Waals surface area contributed by atoms with Gasteiger partial charge in [-0.15, -0.1) is 0 Å². The number of nitrogens with one attached hydrogen (secondary N) is 1. The van der Waals surface area contributed by atoms with Crippen molar-refractivity contribution in [3.8, 4) is 0 Å². The van der Waals surface area contributed by atoms with Gasteiger partial charge in [-0.25, -0.2) is 0 Å². The fourth-order valence-electron chi connectivity index (χ4n) is 2.72. The van der Waals surface area contributed by atoms with Gasteiger partial charge in [-0.2, -0.15) is 0 Å². The maximum absolute atomic E-state index is 12.2. The quantitative estimate of drug-likeness (QED) is 0.902. The Kier molecular flexibility index (Phi) is 5.40. The first-order chi connectivity index (χ1) is 9.29. The second-order valence-electron chi connectivity index (χ2n) is 5.33. The van der Waals surface area contributed by atoms with Crippen LogP contribution in [0.3, 0.4) is 0 Å². The molecule has 1 N–H and O–H groups in total. The number of amides is 1. The molecule has 0 aliphatic carbocycles. The molecule has 0 spiro atoms. The fraction of sp³-hybridized carbons (Fsp3) is 0.562. The first-order valence-corrected chi connectivity index (χ1v) is 7.38. The number of carbonyl (C=O) groups is 1. The molecule has 1 heterocycles. The number of hydrogen-bond acceptors (Lipinski definition) is 2. The van der Waals surface area contributed by atoms with Crippen molar-refractivity contribution < 1.29 is 4.79 Å². The zero-order valence-corrected chi connectivity index (χ0v) is 11.8. The first kappa shape index (κ1) is 14.1. The highest BCUT2D eigenvalue weighted by atomic mass is 16.1. The van der Waals surface area contributed by atoms with Gasteiger partial charge in [0.15, 0.2) is 0 Å². The predicted octanol–water partition coefficient (Wildman–Crippen LogP) is 2.68. The zero-order valence-electron chi connectivity index (χ0n) is 11.8. The van der Waals surface area contributed by atoms with E-state index in [4.69, 9.17) is 0 Å². The lowest BCUT2D eigenvalue weighted by Gasteiger charge is -2.24. The van der Waals surface area contributed by atoms with Crippen molar-refractivity contribution in [1.82, 2.24) is 10.2 Å². The molecule has 104 valence electrons. The summed E-state index contributed by atoms with van der Waals surface area (Å²) in [5.74, 6) is 0.0592. The molecule has 0 aromatic heterocycles. The van der Waals surface area contributed by atoms with E-state index in [1.165, 1.54) is 25.8 Å². The van der Waals surface area contributed by atoms with Crippen molar-refractivity contribution in [2.24, 2.45) is 0 Å². The van der Waals surface area contributed by atoms with Gasteiger partial charge in [0.1, 0.15) is 0 Å². The van der Waals surface area contributed by atoms with E-state index in [-0.39, 0.29) is 5.91 Å². The van der Waals surface area contributed by atoms with E-state index in [2.05, 4.69) is 17.1 Å². The van der Waals surface area contributed by atoms with Crippen molar-refractivity contribution in [3.05, 3.63) is 35.9 Å². The Morgan fingerprint density at radius 1 is 1.32 bits per heavy atom. The molecule has 0 radical (unpaired) electrons. The van der Waals surface area contributed by atoms with Gasteiger partial charge in [0.05, 0.1) is 0 Å². The SMILES string of the molecule is CCCN1CCCCC(NC(=O)c2ccccc2)C1. The minimum atomic E-state index is 0.0592. The molecule has 1 unspecified atom stereocenters. The highest BCUT2D eigenvalue weighted by Gasteiger charge is 2.19. The molecular formula is C16H24N2O. The lowest BCUT2D eigenvalue weighted by atomic mass is 10.1. The molecule has 3 nitrogen and oxygen atoms in total. The van der Waals surface area contributed by atoms with Crippen molar-refractivity contribution in [3.63, 3.8) is 0 Å². The summed E-state index contributed by atoms with van der Waals surface area (Å²) in [4.78, 5) is 14.6. The first-order valence-electron chi connectivity index (χ1n) is 7.38. The van der Waals surface area contributed by atoms with Crippen LogP contribution in [-0.4, -0.2) is 36.5 Å². The lowest BCUT2D eigenvalue weighted by molar-refractivity contribution is 0.0926. The fourth-order valence-corrected chi connectivity index (χ4v) is 2.72. The van der Waals surface area contributed by atoms with E-state index in [1.54, 1.807) is 0 Å². The number of benzene rings is 1. The number of hydrogen-bond donors (Lipinski definition) is 1. The average molecular weight is 260 g/mol. The minimum Gasteiger partial charge on any atom is -0.348 e. The van der Waals surface area contributed by atoms with Gasteiger partial charge in [-0.1, -0.05) is 31.5 Å². The molecular weight excluding hydrogens is 236 g/mol. The lowest BCUT2D eigenvalue weighted by Crippen LogP contribution is -2.42. The largest absolute Gasteiger partial charge is 0.348 e. The Morgan fingerprint density at radius 2 is 2.11 bits per heavy atom. The van der Waals surface area contributed by atoms with Gasteiger partial charge in [0, 0.05) is 18.2 Å². The third kappa shape index (κ3) is 4.35. The van der Waals surface area contributed by atoms with Crippen LogP contribution in [0, 0.1) is 0 Å². The third-order valence-electron chi connectivity index (χ3n) is 3.67. The predicted molar refractivity (Wildman–Crippen MR) is 78.3 cm³/mol. The molecule has 2 rings (SSSR count). The molecule has 0 saturated carbocycles. The molecule has 1 amide bonds. The van der Waals surface area contributed by atoms with Crippen molar-refractivity contribution in [2.75, 3.05) is 19.6 Å². The van der Waals surface area contributed by atoms with Gasteiger partial charge in [-0.3, -0.25) is 4.79 Å². The summed E-state index contributed by atoms with van der Waals surface area (Å²) >= 11 is 0. The second-order valence-corrected chi connectivity index (χ2v) is 5.33. The van der Waals surface area contributed by atoms with Gasteiger partial charge in [0.25, 0.3) is 5.91 Å². The molecule has 1 aliphatic rings. The molecule has 3 heteroatoms. The van der Waals surface area contributed by atoms with Gasteiger partial charge in [-0.05, 0) is 44.5 Å². The summed E-state index contributed by atoms with van der Waals surface area (Å²) in [5, 5.41) is 3.18. The number of nitrogens with zero attached hydrogens (tertiary/aromatic N) is 1. The maximum atomic E-state index is 12.2. The van der Waals surface area contributed by atoms with Crippen molar-refractivity contribution in [1.29, 1.82) is 0 Å².